The van der Waals surface area contributed by atoms with E-state index in [0.29, 0.717) is 38.8 Å². The summed E-state index contributed by atoms with van der Waals surface area (Å²) in [6.45, 7) is 9.70. The summed E-state index contributed by atoms with van der Waals surface area (Å²) in [5.41, 5.74) is 3.16. The molecule has 0 aliphatic heterocycles. The molecular formula is C22H33IN4O3. The molecule has 1 aromatic heterocycles. The van der Waals surface area contributed by atoms with Gasteiger partial charge in [0.1, 0.15) is 12.4 Å². The van der Waals surface area contributed by atoms with Gasteiger partial charge in [-0.1, -0.05) is 18.2 Å². The normalized spacial score (nSPS) is 10.9. The first-order valence-electron chi connectivity index (χ1n) is 9.98. The number of rotatable bonds is 11. The highest BCUT2D eigenvalue weighted by atomic mass is 127. The van der Waals surface area contributed by atoms with Crippen LogP contribution >= 0.6 is 24.0 Å². The molecule has 166 valence electrons. The number of nitrogens with zero attached hydrogens (tertiary/aromatic N) is 2. The Balaban J connectivity index is 0.00000450. The zero-order valence-corrected chi connectivity index (χ0v) is 20.6. The number of methoxy groups -OCH3 is 1. The van der Waals surface area contributed by atoms with Crippen molar-refractivity contribution in [1.82, 2.24) is 15.6 Å². The lowest BCUT2D eigenvalue weighted by molar-refractivity contribution is 0.110. The van der Waals surface area contributed by atoms with E-state index in [1.54, 1.807) is 13.3 Å². The van der Waals surface area contributed by atoms with Crippen molar-refractivity contribution in [3.8, 4) is 11.6 Å². The van der Waals surface area contributed by atoms with Crippen molar-refractivity contribution in [3.63, 3.8) is 0 Å². The average molecular weight is 528 g/mol. The second kappa shape index (κ2) is 14.8. The van der Waals surface area contributed by atoms with Crippen LogP contribution in [-0.2, 0) is 17.8 Å². The molecule has 8 heteroatoms. The largest absolute Gasteiger partial charge is 0.491 e. The maximum absolute atomic E-state index is 5.92. The molecule has 0 unspecified atom stereocenters. The molecule has 2 rings (SSSR count). The molecule has 1 aromatic carbocycles. The van der Waals surface area contributed by atoms with Crippen molar-refractivity contribution in [2.24, 2.45) is 4.99 Å². The minimum absolute atomic E-state index is 0. The Labute approximate surface area is 196 Å². The maximum atomic E-state index is 5.92. The smallest absolute Gasteiger partial charge is 0.218 e. The monoisotopic (exact) mass is 528 g/mol. The van der Waals surface area contributed by atoms with E-state index in [4.69, 9.17) is 14.2 Å². The lowest BCUT2D eigenvalue weighted by atomic mass is 10.1. The van der Waals surface area contributed by atoms with Gasteiger partial charge >= 0.3 is 0 Å². The standard InChI is InChI=1S/C22H32N4O3.HI/c1-5-23-22(26-16-19-8-7-11-24-21(19)27-4)25-15-18-10-9-17(3)14-20(18)29-13-12-28-6-2;/h7-11,14H,5-6,12-13,15-16H2,1-4H3,(H2,23,25,26);1H. The average Bonchev–Trinajstić information content (AvgIpc) is 2.74. The van der Waals surface area contributed by atoms with E-state index in [0.717, 1.165) is 34.9 Å². The van der Waals surface area contributed by atoms with Gasteiger partial charge in [-0.3, -0.25) is 0 Å². The zero-order valence-electron chi connectivity index (χ0n) is 18.2. The Morgan fingerprint density at radius 3 is 2.67 bits per heavy atom. The zero-order chi connectivity index (χ0) is 20.9. The Morgan fingerprint density at radius 2 is 1.93 bits per heavy atom. The van der Waals surface area contributed by atoms with Crippen LogP contribution in [0.15, 0.2) is 41.5 Å². The van der Waals surface area contributed by atoms with E-state index >= 15 is 0 Å². The second-order valence-electron chi connectivity index (χ2n) is 6.38. The summed E-state index contributed by atoms with van der Waals surface area (Å²) in [5.74, 6) is 2.18. The molecule has 0 saturated carbocycles. The molecule has 0 spiro atoms. The molecule has 0 saturated heterocycles. The molecule has 1 heterocycles. The van der Waals surface area contributed by atoms with Crippen LogP contribution in [0.4, 0.5) is 0 Å². The molecule has 0 bridgehead atoms. The number of pyridine rings is 1. The summed E-state index contributed by atoms with van der Waals surface area (Å²) in [7, 11) is 1.61. The summed E-state index contributed by atoms with van der Waals surface area (Å²) in [5, 5.41) is 6.64. The summed E-state index contributed by atoms with van der Waals surface area (Å²) in [6, 6.07) is 10.0. The highest BCUT2D eigenvalue weighted by Gasteiger charge is 2.07. The van der Waals surface area contributed by atoms with Gasteiger partial charge in [0.2, 0.25) is 5.88 Å². The summed E-state index contributed by atoms with van der Waals surface area (Å²) >= 11 is 0. The number of benzene rings is 1. The number of halogens is 1. The van der Waals surface area contributed by atoms with Gasteiger partial charge in [-0.25, -0.2) is 9.98 Å². The first-order chi connectivity index (χ1) is 14.2. The number of aliphatic imine (C=N–C) groups is 1. The quantitative estimate of drug-likeness (QED) is 0.201. The van der Waals surface area contributed by atoms with Crippen LogP contribution in [0.1, 0.15) is 30.5 Å². The van der Waals surface area contributed by atoms with Crippen LogP contribution in [-0.4, -0.2) is 44.4 Å². The molecule has 7 nitrogen and oxygen atoms in total. The van der Waals surface area contributed by atoms with Crippen LogP contribution in [0.3, 0.4) is 0 Å². The van der Waals surface area contributed by atoms with Gasteiger partial charge in [0, 0.05) is 37.0 Å². The van der Waals surface area contributed by atoms with Crippen molar-refractivity contribution >= 4 is 29.9 Å². The molecule has 2 aromatic rings. The number of ether oxygens (including phenoxy) is 3. The number of nitrogens with one attached hydrogen (secondary N) is 2. The molecule has 0 aliphatic rings. The van der Waals surface area contributed by atoms with Gasteiger partial charge in [-0.2, -0.15) is 0 Å². The number of aromatic nitrogens is 1. The van der Waals surface area contributed by atoms with Crippen LogP contribution in [0.2, 0.25) is 0 Å². The second-order valence-corrected chi connectivity index (χ2v) is 6.38. The highest BCUT2D eigenvalue weighted by Crippen LogP contribution is 2.20. The van der Waals surface area contributed by atoms with E-state index in [9.17, 15) is 0 Å². The predicted octanol–water partition coefficient (Wildman–Crippen LogP) is 3.69. The first-order valence-corrected chi connectivity index (χ1v) is 9.98. The summed E-state index contributed by atoms with van der Waals surface area (Å²) in [6.07, 6.45) is 1.71. The molecular weight excluding hydrogens is 495 g/mol. The molecule has 0 fully saturated rings. The van der Waals surface area contributed by atoms with Crippen LogP contribution in [0.25, 0.3) is 0 Å². The minimum atomic E-state index is 0. The number of hydrogen-bond acceptors (Lipinski definition) is 5. The number of hydrogen-bond donors (Lipinski definition) is 2. The SMILES string of the molecule is CCNC(=NCc1cccnc1OC)NCc1ccc(C)cc1OCCOCC.I. The van der Waals surface area contributed by atoms with Crippen molar-refractivity contribution in [2.45, 2.75) is 33.9 Å². The molecule has 0 amide bonds. The third-order valence-electron chi connectivity index (χ3n) is 4.15. The van der Waals surface area contributed by atoms with E-state index in [1.165, 1.54) is 0 Å². The fourth-order valence-corrected chi connectivity index (χ4v) is 2.71. The Bertz CT molecular complexity index is 787. The van der Waals surface area contributed by atoms with Gasteiger partial charge in [-0.15, -0.1) is 24.0 Å². The Hall–Kier alpha value is -2.07. The minimum Gasteiger partial charge on any atom is -0.491 e. The van der Waals surface area contributed by atoms with E-state index in [1.807, 2.05) is 32.0 Å². The summed E-state index contributed by atoms with van der Waals surface area (Å²) in [4.78, 5) is 8.87. The lowest BCUT2D eigenvalue weighted by Gasteiger charge is -2.15. The summed E-state index contributed by atoms with van der Waals surface area (Å²) < 4.78 is 16.6. The maximum Gasteiger partial charge on any atom is 0.218 e. The van der Waals surface area contributed by atoms with Gasteiger partial charge in [0.25, 0.3) is 0 Å². The van der Waals surface area contributed by atoms with E-state index in [2.05, 4.69) is 39.7 Å². The van der Waals surface area contributed by atoms with E-state index < -0.39 is 0 Å². The Morgan fingerprint density at radius 1 is 1.10 bits per heavy atom. The molecule has 0 radical (unpaired) electrons. The third-order valence-corrected chi connectivity index (χ3v) is 4.15. The van der Waals surface area contributed by atoms with Crippen molar-refractivity contribution < 1.29 is 14.2 Å². The predicted molar refractivity (Wildman–Crippen MR) is 131 cm³/mol. The Kier molecular flexibility index (Phi) is 12.8. The molecule has 0 atom stereocenters. The number of guanidine groups is 1. The fourth-order valence-electron chi connectivity index (χ4n) is 2.71. The van der Waals surface area contributed by atoms with Crippen molar-refractivity contribution in [2.75, 3.05) is 33.5 Å². The fraction of sp³-hybridized carbons (Fsp3) is 0.455. The number of aryl methyl sites for hydroxylation is 1. The van der Waals surface area contributed by atoms with Crippen LogP contribution < -0.4 is 20.1 Å². The van der Waals surface area contributed by atoms with Gasteiger partial charge in [-0.05, 0) is 38.5 Å². The van der Waals surface area contributed by atoms with Gasteiger partial charge in [0.05, 0.1) is 20.3 Å². The lowest BCUT2D eigenvalue weighted by Crippen LogP contribution is -2.36. The van der Waals surface area contributed by atoms with Gasteiger partial charge in [0.15, 0.2) is 5.96 Å². The highest BCUT2D eigenvalue weighted by molar-refractivity contribution is 14.0. The topological polar surface area (TPSA) is 77.0 Å². The van der Waals surface area contributed by atoms with Crippen LogP contribution in [0, 0.1) is 6.92 Å². The molecule has 0 aliphatic carbocycles. The van der Waals surface area contributed by atoms with Gasteiger partial charge < -0.3 is 24.8 Å². The van der Waals surface area contributed by atoms with Crippen LogP contribution in [0.5, 0.6) is 11.6 Å². The van der Waals surface area contributed by atoms with Crippen molar-refractivity contribution in [3.05, 3.63) is 53.2 Å². The molecule has 30 heavy (non-hydrogen) atoms. The first kappa shape index (κ1) is 26.0. The molecule has 2 N–H and O–H groups in total. The van der Waals surface area contributed by atoms with Crippen molar-refractivity contribution in [1.29, 1.82) is 0 Å². The van der Waals surface area contributed by atoms with E-state index in [-0.39, 0.29) is 24.0 Å². The third kappa shape index (κ3) is 8.74.